The Morgan fingerprint density at radius 1 is 1.12 bits per heavy atom. The molecule has 0 spiro atoms. The fourth-order valence-corrected chi connectivity index (χ4v) is 2.47. The van der Waals surface area contributed by atoms with Gasteiger partial charge in [0, 0.05) is 0 Å². The number of carbonyl (C=O) groups is 2. The molecule has 0 radical (unpaired) electrons. The molecule has 1 atom stereocenters. The Balaban J connectivity index is 1.40. The first-order chi connectivity index (χ1) is 12.6. The molecule has 2 aromatic carbocycles. The van der Waals surface area contributed by atoms with E-state index in [0.717, 1.165) is 0 Å². The molecule has 0 aromatic heterocycles. The molecule has 0 unspecified atom stereocenters. The van der Waals surface area contributed by atoms with Crippen LogP contribution in [0, 0.1) is 0 Å². The normalized spacial score (nSPS) is 15.2. The second kappa shape index (κ2) is 8.24. The maximum atomic E-state index is 11.9. The summed E-state index contributed by atoms with van der Waals surface area (Å²) in [5.74, 6) is 0.692. The molecule has 0 bridgehead atoms. The van der Waals surface area contributed by atoms with Crippen LogP contribution >= 0.6 is 0 Å². The smallest absolute Gasteiger partial charge is 0.307 e. The number of aliphatic carboxylic acids is 1. The van der Waals surface area contributed by atoms with Gasteiger partial charge in [-0.1, -0.05) is 24.3 Å². The van der Waals surface area contributed by atoms with Crippen LogP contribution in [0.5, 0.6) is 17.2 Å². The van der Waals surface area contributed by atoms with E-state index in [1.165, 1.54) is 0 Å². The Bertz CT molecular complexity index is 774. The van der Waals surface area contributed by atoms with E-state index in [1.54, 1.807) is 24.3 Å². The largest absolute Gasteiger partial charge is 0.486 e. The molecular weight excluding hydrogens is 338 g/mol. The van der Waals surface area contributed by atoms with Gasteiger partial charge in [-0.05, 0) is 29.8 Å². The summed E-state index contributed by atoms with van der Waals surface area (Å²) in [6.07, 6.45) is -0.308. The number of benzene rings is 2. The summed E-state index contributed by atoms with van der Waals surface area (Å²) in [5, 5.41) is 11.5. The van der Waals surface area contributed by atoms with Crippen LogP contribution in [0.2, 0.25) is 0 Å². The van der Waals surface area contributed by atoms with E-state index >= 15 is 0 Å². The quantitative estimate of drug-likeness (QED) is 0.783. The van der Waals surface area contributed by atoms with Gasteiger partial charge in [-0.15, -0.1) is 0 Å². The van der Waals surface area contributed by atoms with Crippen molar-refractivity contribution in [2.75, 3.05) is 19.8 Å². The summed E-state index contributed by atoms with van der Waals surface area (Å²) in [6, 6.07) is 14.0. The van der Waals surface area contributed by atoms with Crippen molar-refractivity contribution in [2.45, 2.75) is 12.5 Å². The van der Waals surface area contributed by atoms with E-state index in [9.17, 15) is 9.59 Å². The SMILES string of the molecule is O=C(O)Cc1ccc(OCC(=O)NC[C@@H]2COc3ccccc3O2)cc1. The highest BCUT2D eigenvalue weighted by molar-refractivity contribution is 5.77. The van der Waals surface area contributed by atoms with Crippen LogP contribution in [0.4, 0.5) is 0 Å². The average molecular weight is 357 g/mol. The average Bonchev–Trinajstić information content (AvgIpc) is 2.65. The zero-order valence-electron chi connectivity index (χ0n) is 14.0. The third-order valence-electron chi connectivity index (χ3n) is 3.74. The number of rotatable bonds is 7. The van der Waals surface area contributed by atoms with Crippen molar-refractivity contribution >= 4 is 11.9 Å². The van der Waals surface area contributed by atoms with Crippen molar-refractivity contribution in [3.05, 3.63) is 54.1 Å². The molecule has 26 heavy (non-hydrogen) atoms. The van der Waals surface area contributed by atoms with Crippen molar-refractivity contribution in [1.29, 1.82) is 0 Å². The van der Waals surface area contributed by atoms with Crippen LogP contribution in [0.3, 0.4) is 0 Å². The molecule has 0 fully saturated rings. The van der Waals surface area contributed by atoms with Gasteiger partial charge in [-0.25, -0.2) is 0 Å². The lowest BCUT2D eigenvalue weighted by atomic mass is 10.1. The predicted molar refractivity (Wildman–Crippen MR) is 92.6 cm³/mol. The molecule has 2 N–H and O–H groups in total. The molecule has 7 heteroatoms. The molecule has 0 saturated carbocycles. The Kier molecular flexibility index (Phi) is 5.58. The van der Waals surface area contributed by atoms with Crippen molar-refractivity contribution in [1.82, 2.24) is 5.32 Å². The number of amides is 1. The molecule has 7 nitrogen and oxygen atoms in total. The molecule has 1 amide bonds. The molecule has 1 heterocycles. The molecule has 136 valence electrons. The van der Waals surface area contributed by atoms with E-state index < -0.39 is 5.97 Å². The zero-order valence-corrected chi connectivity index (χ0v) is 14.0. The Morgan fingerprint density at radius 3 is 2.58 bits per heavy atom. The summed E-state index contributed by atoms with van der Waals surface area (Å²) in [4.78, 5) is 22.5. The van der Waals surface area contributed by atoms with Gasteiger partial charge in [-0.2, -0.15) is 0 Å². The topological polar surface area (TPSA) is 94.1 Å². The number of fused-ring (bicyclic) bond motifs is 1. The monoisotopic (exact) mass is 357 g/mol. The van der Waals surface area contributed by atoms with E-state index in [2.05, 4.69) is 5.32 Å². The fourth-order valence-electron chi connectivity index (χ4n) is 2.47. The van der Waals surface area contributed by atoms with E-state index in [1.807, 2.05) is 24.3 Å². The highest BCUT2D eigenvalue weighted by Gasteiger charge is 2.21. The number of para-hydroxylation sites is 2. The molecule has 0 saturated heterocycles. The van der Waals surface area contributed by atoms with Crippen LogP contribution in [0.25, 0.3) is 0 Å². The van der Waals surface area contributed by atoms with Gasteiger partial charge < -0.3 is 24.6 Å². The first-order valence-corrected chi connectivity index (χ1v) is 8.19. The molecule has 0 aliphatic carbocycles. The van der Waals surface area contributed by atoms with Crippen LogP contribution < -0.4 is 19.5 Å². The lowest BCUT2D eigenvalue weighted by Gasteiger charge is -2.26. The van der Waals surface area contributed by atoms with Gasteiger partial charge in [0.2, 0.25) is 0 Å². The van der Waals surface area contributed by atoms with Crippen molar-refractivity contribution < 1.29 is 28.9 Å². The Hall–Kier alpha value is -3.22. The highest BCUT2D eigenvalue weighted by atomic mass is 16.6. The number of carbonyl (C=O) groups excluding carboxylic acids is 1. The van der Waals surface area contributed by atoms with Crippen LogP contribution in [0.1, 0.15) is 5.56 Å². The summed E-state index contributed by atoms with van der Waals surface area (Å²) >= 11 is 0. The van der Waals surface area contributed by atoms with E-state index in [0.29, 0.717) is 36.0 Å². The lowest BCUT2D eigenvalue weighted by molar-refractivity contribution is -0.136. The van der Waals surface area contributed by atoms with Gasteiger partial charge >= 0.3 is 5.97 Å². The second-order valence-corrected chi connectivity index (χ2v) is 5.80. The van der Waals surface area contributed by atoms with Gasteiger partial charge in [-0.3, -0.25) is 9.59 Å². The summed E-state index contributed by atoms with van der Waals surface area (Å²) < 4.78 is 16.7. The standard InChI is InChI=1S/C19H19NO6/c21-18(12-24-14-7-5-13(6-8-14)9-19(22)23)20-10-15-11-25-16-3-1-2-4-17(16)26-15/h1-8,15H,9-12H2,(H,20,21)(H,22,23)/t15-/m1/s1. The van der Waals surface area contributed by atoms with Crippen molar-refractivity contribution in [3.8, 4) is 17.2 Å². The molecule has 1 aliphatic rings. The maximum Gasteiger partial charge on any atom is 0.307 e. The van der Waals surface area contributed by atoms with E-state index in [4.69, 9.17) is 19.3 Å². The number of carboxylic acids is 1. The number of ether oxygens (including phenoxy) is 3. The maximum absolute atomic E-state index is 11.9. The van der Waals surface area contributed by atoms with Gasteiger partial charge in [0.25, 0.3) is 5.91 Å². The minimum atomic E-state index is -0.894. The molecule has 3 rings (SSSR count). The number of hydrogen-bond donors (Lipinski definition) is 2. The van der Waals surface area contributed by atoms with Crippen LogP contribution in [0.15, 0.2) is 48.5 Å². The Labute approximate surface area is 150 Å². The molecule has 2 aromatic rings. The zero-order chi connectivity index (χ0) is 18.4. The van der Waals surface area contributed by atoms with Gasteiger partial charge in [0.1, 0.15) is 18.5 Å². The highest BCUT2D eigenvalue weighted by Crippen LogP contribution is 2.30. The van der Waals surface area contributed by atoms with Crippen LogP contribution in [-0.2, 0) is 16.0 Å². The number of carboxylic acid groups (broad SMARTS) is 1. The third kappa shape index (κ3) is 4.89. The third-order valence-corrected chi connectivity index (χ3v) is 3.74. The summed E-state index contributed by atoms with van der Waals surface area (Å²) in [6.45, 7) is 0.541. The van der Waals surface area contributed by atoms with Gasteiger partial charge in [0.15, 0.2) is 18.1 Å². The minimum absolute atomic E-state index is 0.0483. The minimum Gasteiger partial charge on any atom is -0.486 e. The molecular formula is C19H19NO6. The van der Waals surface area contributed by atoms with Gasteiger partial charge in [0.05, 0.1) is 13.0 Å². The lowest BCUT2D eigenvalue weighted by Crippen LogP contribution is -2.42. The van der Waals surface area contributed by atoms with Crippen LogP contribution in [-0.4, -0.2) is 42.8 Å². The first-order valence-electron chi connectivity index (χ1n) is 8.19. The van der Waals surface area contributed by atoms with Crippen molar-refractivity contribution in [2.24, 2.45) is 0 Å². The number of hydrogen-bond acceptors (Lipinski definition) is 5. The second-order valence-electron chi connectivity index (χ2n) is 5.80. The summed E-state index contributed by atoms with van der Waals surface area (Å²) in [5.41, 5.74) is 0.670. The first kappa shape index (κ1) is 17.6. The van der Waals surface area contributed by atoms with Crippen molar-refractivity contribution in [3.63, 3.8) is 0 Å². The van der Waals surface area contributed by atoms with E-state index in [-0.39, 0.29) is 25.0 Å². The fraction of sp³-hybridized carbons (Fsp3) is 0.263. The molecule has 1 aliphatic heterocycles. The Morgan fingerprint density at radius 2 is 1.85 bits per heavy atom. The number of nitrogens with one attached hydrogen (secondary N) is 1. The summed E-state index contributed by atoms with van der Waals surface area (Å²) in [7, 11) is 0. The predicted octanol–water partition coefficient (Wildman–Crippen LogP) is 1.65.